The van der Waals surface area contributed by atoms with Crippen LogP contribution < -0.4 is 4.74 Å². The summed E-state index contributed by atoms with van der Waals surface area (Å²) in [5.74, 6) is 0.911. The summed E-state index contributed by atoms with van der Waals surface area (Å²) >= 11 is 3.39. The molecule has 2 aromatic carbocycles. The van der Waals surface area contributed by atoms with E-state index >= 15 is 0 Å². The highest BCUT2D eigenvalue weighted by Crippen LogP contribution is 2.29. The van der Waals surface area contributed by atoms with Crippen LogP contribution in [0.25, 0.3) is 22.4 Å². The number of rotatable bonds is 4. The molecule has 0 atom stereocenters. The number of benzene rings is 2. The highest BCUT2D eigenvalue weighted by molar-refractivity contribution is 7.98. The van der Waals surface area contributed by atoms with Gasteiger partial charge in [-0.2, -0.15) is 0 Å². The van der Waals surface area contributed by atoms with Crippen LogP contribution in [0.15, 0.2) is 47.4 Å². The minimum absolute atomic E-state index is 0.911. The fraction of sp³-hybridized carbons (Fsp3) is 0.118. The van der Waals surface area contributed by atoms with E-state index in [1.807, 2.05) is 18.2 Å². The summed E-state index contributed by atoms with van der Waals surface area (Å²) in [7, 11) is 1.70. The SMILES string of the molecule is COc1cc(/C=C/c2nc3ccccc3s2)ccc1SC. The Kier molecular flexibility index (Phi) is 4.27. The van der Waals surface area contributed by atoms with Crippen LogP contribution >= 0.6 is 23.1 Å². The van der Waals surface area contributed by atoms with Crippen molar-refractivity contribution >= 4 is 45.5 Å². The number of thiazole rings is 1. The maximum absolute atomic E-state index is 5.41. The maximum Gasteiger partial charge on any atom is 0.132 e. The summed E-state index contributed by atoms with van der Waals surface area (Å²) in [5.41, 5.74) is 2.17. The van der Waals surface area contributed by atoms with Crippen molar-refractivity contribution in [1.29, 1.82) is 0 Å². The minimum Gasteiger partial charge on any atom is -0.496 e. The fourth-order valence-corrected chi connectivity index (χ4v) is 3.50. The first-order valence-corrected chi connectivity index (χ1v) is 8.60. The Morgan fingerprint density at radius 3 is 2.76 bits per heavy atom. The molecule has 0 spiro atoms. The third kappa shape index (κ3) is 3.12. The first kappa shape index (κ1) is 14.2. The molecule has 1 heterocycles. The highest BCUT2D eigenvalue weighted by atomic mass is 32.2. The van der Waals surface area contributed by atoms with E-state index in [2.05, 4.69) is 47.7 Å². The predicted molar refractivity (Wildman–Crippen MR) is 93.3 cm³/mol. The van der Waals surface area contributed by atoms with E-state index in [9.17, 15) is 0 Å². The number of hydrogen-bond donors (Lipinski definition) is 0. The molecule has 2 nitrogen and oxygen atoms in total. The van der Waals surface area contributed by atoms with Crippen LogP contribution in [0.4, 0.5) is 0 Å². The monoisotopic (exact) mass is 313 g/mol. The summed E-state index contributed by atoms with van der Waals surface area (Å²) in [6.07, 6.45) is 6.18. The van der Waals surface area contributed by atoms with Gasteiger partial charge in [0, 0.05) is 4.90 Å². The fourth-order valence-electron chi connectivity index (χ4n) is 2.09. The van der Waals surface area contributed by atoms with E-state index in [0.29, 0.717) is 0 Å². The molecule has 0 bridgehead atoms. The molecule has 0 radical (unpaired) electrons. The molecule has 0 unspecified atom stereocenters. The largest absolute Gasteiger partial charge is 0.496 e. The normalized spacial score (nSPS) is 11.3. The molecule has 0 fully saturated rings. The Morgan fingerprint density at radius 2 is 2.00 bits per heavy atom. The van der Waals surface area contributed by atoms with Gasteiger partial charge < -0.3 is 4.74 Å². The van der Waals surface area contributed by atoms with Crippen LogP contribution in [-0.4, -0.2) is 18.3 Å². The molecule has 0 saturated carbocycles. The van der Waals surface area contributed by atoms with Gasteiger partial charge in [0.25, 0.3) is 0 Å². The molecule has 0 aliphatic carbocycles. The smallest absolute Gasteiger partial charge is 0.132 e. The molecule has 1 aromatic heterocycles. The first-order valence-electron chi connectivity index (χ1n) is 6.56. The quantitative estimate of drug-likeness (QED) is 0.618. The van der Waals surface area contributed by atoms with Crippen LogP contribution in [0.2, 0.25) is 0 Å². The van der Waals surface area contributed by atoms with Crippen LogP contribution in [0, 0.1) is 0 Å². The number of hydrogen-bond acceptors (Lipinski definition) is 4. The average molecular weight is 313 g/mol. The molecule has 106 valence electrons. The van der Waals surface area contributed by atoms with E-state index in [1.165, 1.54) is 4.70 Å². The number of methoxy groups -OCH3 is 1. The summed E-state index contributed by atoms with van der Waals surface area (Å²) < 4.78 is 6.62. The van der Waals surface area contributed by atoms with Crippen molar-refractivity contribution in [2.24, 2.45) is 0 Å². The molecule has 21 heavy (non-hydrogen) atoms. The Balaban J connectivity index is 1.88. The van der Waals surface area contributed by atoms with E-state index in [0.717, 1.165) is 26.7 Å². The number of ether oxygens (including phenoxy) is 1. The minimum atomic E-state index is 0.911. The molecule has 0 aliphatic heterocycles. The Hall–Kier alpha value is -1.78. The van der Waals surface area contributed by atoms with Gasteiger partial charge in [-0.15, -0.1) is 23.1 Å². The van der Waals surface area contributed by atoms with Gasteiger partial charge in [0.15, 0.2) is 0 Å². The lowest BCUT2D eigenvalue weighted by molar-refractivity contribution is 0.405. The van der Waals surface area contributed by atoms with E-state index in [1.54, 1.807) is 30.2 Å². The second kappa shape index (κ2) is 6.33. The van der Waals surface area contributed by atoms with Crippen molar-refractivity contribution in [2.75, 3.05) is 13.4 Å². The number of thioether (sulfide) groups is 1. The maximum atomic E-state index is 5.41. The van der Waals surface area contributed by atoms with Crippen molar-refractivity contribution in [3.63, 3.8) is 0 Å². The summed E-state index contributed by atoms with van der Waals surface area (Å²) in [6, 6.07) is 14.4. The van der Waals surface area contributed by atoms with Gasteiger partial charge >= 0.3 is 0 Å². The third-order valence-electron chi connectivity index (χ3n) is 3.14. The van der Waals surface area contributed by atoms with E-state index in [-0.39, 0.29) is 0 Å². The van der Waals surface area contributed by atoms with E-state index in [4.69, 9.17) is 4.74 Å². The third-order valence-corrected chi connectivity index (χ3v) is 4.92. The van der Waals surface area contributed by atoms with E-state index < -0.39 is 0 Å². The van der Waals surface area contributed by atoms with Crippen molar-refractivity contribution in [2.45, 2.75) is 4.90 Å². The van der Waals surface area contributed by atoms with Gasteiger partial charge in [-0.05, 0) is 42.2 Å². The lowest BCUT2D eigenvalue weighted by atomic mass is 10.2. The Morgan fingerprint density at radius 1 is 1.14 bits per heavy atom. The number of fused-ring (bicyclic) bond motifs is 1. The standard InChI is InChI=1S/C17H15NOS2/c1-19-14-11-12(7-9-16(14)20-2)8-10-17-18-13-5-3-4-6-15(13)21-17/h3-11H,1-2H3/b10-8+. The lowest BCUT2D eigenvalue weighted by Crippen LogP contribution is -1.86. The van der Waals surface area contributed by atoms with Gasteiger partial charge in [0.05, 0.1) is 17.3 Å². The predicted octanol–water partition coefficient (Wildman–Crippen LogP) is 5.20. The average Bonchev–Trinajstić information content (AvgIpc) is 2.95. The number of nitrogens with zero attached hydrogens (tertiary/aromatic N) is 1. The second-order valence-corrected chi connectivity index (χ2v) is 6.38. The molecule has 4 heteroatoms. The van der Waals surface area contributed by atoms with Gasteiger partial charge in [0.2, 0.25) is 0 Å². The van der Waals surface area contributed by atoms with Gasteiger partial charge in [0.1, 0.15) is 10.8 Å². The molecular weight excluding hydrogens is 298 g/mol. The van der Waals surface area contributed by atoms with Crippen molar-refractivity contribution in [3.8, 4) is 5.75 Å². The van der Waals surface area contributed by atoms with Crippen LogP contribution in [0.3, 0.4) is 0 Å². The van der Waals surface area contributed by atoms with Crippen LogP contribution in [-0.2, 0) is 0 Å². The first-order chi connectivity index (χ1) is 10.3. The summed E-state index contributed by atoms with van der Waals surface area (Å²) in [5, 5.41) is 1.02. The Bertz CT molecular complexity index is 759. The molecule has 0 amide bonds. The zero-order chi connectivity index (χ0) is 14.7. The lowest BCUT2D eigenvalue weighted by Gasteiger charge is -2.06. The molecular formula is C17H15NOS2. The van der Waals surface area contributed by atoms with Crippen molar-refractivity contribution in [3.05, 3.63) is 53.0 Å². The topological polar surface area (TPSA) is 22.1 Å². The molecule has 0 saturated heterocycles. The summed E-state index contributed by atoms with van der Waals surface area (Å²) in [6.45, 7) is 0. The van der Waals surface area contributed by atoms with Crippen molar-refractivity contribution < 1.29 is 4.74 Å². The van der Waals surface area contributed by atoms with Crippen molar-refractivity contribution in [1.82, 2.24) is 4.98 Å². The van der Waals surface area contributed by atoms with Crippen LogP contribution in [0.1, 0.15) is 10.6 Å². The molecule has 0 aliphatic rings. The zero-order valence-corrected chi connectivity index (χ0v) is 13.5. The molecule has 0 N–H and O–H groups in total. The highest BCUT2D eigenvalue weighted by Gasteiger charge is 2.02. The molecule has 3 aromatic rings. The van der Waals surface area contributed by atoms with Gasteiger partial charge in [-0.25, -0.2) is 4.98 Å². The number of aromatic nitrogens is 1. The summed E-state index contributed by atoms with van der Waals surface area (Å²) in [4.78, 5) is 5.75. The Labute approximate surface area is 132 Å². The molecule has 3 rings (SSSR count). The second-order valence-electron chi connectivity index (χ2n) is 4.47. The number of para-hydroxylation sites is 1. The zero-order valence-electron chi connectivity index (χ0n) is 11.9. The van der Waals surface area contributed by atoms with Gasteiger partial charge in [-0.3, -0.25) is 0 Å². The van der Waals surface area contributed by atoms with Gasteiger partial charge in [-0.1, -0.05) is 24.3 Å². The van der Waals surface area contributed by atoms with Crippen LogP contribution in [0.5, 0.6) is 5.75 Å².